The van der Waals surface area contributed by atoms with Gasteiger partial charge < -0.3 is 15.4 Å². The van der Waals surface area contributed by atoms with Gasteiger partial charge in [-0.15, -0.1) is 0 Å². The predicted octanol–water partition coefficient (Wildman–Crippen LogP) is -0.336. The predicted molar refractivity (Wildman–Crippen MR) is 52.8 cm³/mol. The summed E-state index contributed by atoms with van der Waals surface area (Å²) in [4.78, 5) is 22.0. The molecule has 0 aliphatic carbocycles. The number of amides is 2. The zero-order valence-corrected chi connectivity index (χ0v) is 8.92. The molecule has 0 heterocycles. The Bertz CT molecular complexity index is 192. The Labute approximate surface area is 84.2 Å². The number of hydrogen-bond donors (Lipinski definition) is 2. The molecule has 2 amide bonds. The van der Waals surface area contributed by atoms with Gasteiger partial charge in [0.1, 0.15) is 6.61 Å². The number of nitrogens with one attached hydrogen (secondary N) is 2. The highest BCUT2D eigenvalue weighted by Gasteiger charge is 2.05. The van der Waals surface area contributed by atoms with E-state index in [0.717, 1.165) is 0 Å². The summed E-state index contributed by atoms with van der Waals surface area (Å²) in [6, 6.07) is 0.0892. The summed E-state index contributed by atoms with van der Waals surface area (Å²) in [5.41, 5.74) is 0. The molecule has 0 unspecified atom stereocenters. The van der Waals surface area contributed by atoms with Crippen molar-refractivity contribution in [1.82, 2.24) is 10.6 Å². The van der Waals surface area contributed by atoms with Crippen LogP contribution in [0.2, 0.25) is 0 Å². The smallest absolute Gasteiger partial charge is 0.246 e. The van der Waals surface area contributed by atoms with Crippen LogP contribution in [0, 0.1) is 0 Å². The molecule has 5 heteroatoms. The van der Waals surface area contributed by atoms with Crippen LogP contribution < -0.4 is 10.6 Å². The van der Waals surface area contributed by atoms with E-state index in [9.17, 15) is 9.59 Å². The third-order valence-electron chi connectivity index (χ3n) is 1.33. The Morgan fingerprint density at radius 3 is 2.43 bits per heavy atom. The number of rotatable bonds is 6. The molecule has 0 aromatic rings. The van der Waals surface area contributed by atoms with Gasteiger partial charge in [0.15, 0.2) is 0 Å². The lowest BCUT2D eigenvalue weighted by Gasteiger charge is -2.09. The highest BCUT2D eigenvalue weighted by Crippen LogP contribution is 1.77. The quantitative estimate of drug-likeness (QED) is 0.619. The number of carbonyl (C=O) groups is 2. The second kappa shape index (κ2) is 7.32. The normalized spacial score (nSPS) is 10.0. The molecule has 14 heavy (non-hydrogen) atoms. The highest BCUT2D eigenvalue weighted by atomic mass is 16.5. The van der Waals surface area contributed by atoms with Gasteiger partial charge in [0.05, 0.1) is 6.54 Å². The van der Waals surface area contributed by atoms with Crippen LogP contribution >= 0.6 is 0 Å². The minimum Gasteiger partial charge on any atom is -0.372 e. The molecule has 0 saturated carbocycles. The first-order chi connectivity index (χ1) is 6.56. The van der Waals surface area contributed by atoms with Crippen molar-refractivity contribution < 1.29 is 14.3 Å². The van der Waals surface area contributed by atoms with Crippen LogP contribution in [0.25, 0.3) is 0 Å². The fraction of sp³-hybridized carbons (Fsp3) is 0.778. The fourth-order valence-corrected chi connectivity index (χ4v) is 0.798. The van der Waals surface area contributed by atoms with Crippen molar-refractivity contribution in [2.24, 2.45) is 0 Å². The molecule has 0 rings (SSSR count). The van der Waals surface area contributed by atoms with Gasteiger partial charge in [0.25, 0.3) is 0 Å². The van der Waals surface area contributed by atoms with Crippen LogP contribution in [-0.2, 0) is 14.3 Å². The third-order valence-corrected chi connectivity index (χ3v) is 1.33. The van der Waals surface area contributed by atoms with Crippen molar-refractivity contribution in [1.29, 1.82) is 0 Å². The minimum absolute atomic E-state index is 0.00406. The molecule has 0 aromatic heterocycles. The maximum Gasteiger partial charge on any atom is 0.246 e. The van der Waals surface area contributed by atoms with Gasteiger partial charge >= 0.3 is 0 Å². The molecule has 5 nitrogen and oxygen atoms in total. The topological polar surface area (TPSA) is 67.4 Å². The summed E-state index contributed by atoms with van der Waals surface area (Å²) >= 11 is 0. The van der Waals surface area contributed by atoms with Crippen LogP contribution in [0.15, 0.2) is 0 Å². The van der Waals surface area contributed by atoms with E-state index in [2.05, 4.69) is 10.6 Å². The largest absolute Gasteiger partial charge is 0.372 e. The summed E-state index contributed by atoms with van der Waals surface area (Å²) in [7, 11) is 0. The first kappa shape index (κ1) is 12.9. The van der Waals surface area contributed by atoms with E-state index in [1.807, 2.05) is 13.8 Å². The van der Waals surface area contributed by atoms with Gasteiger partial charge in [-0.25, -0.2) is 0 Å². The van der Waals surface area contributed by atoms with Gasteiger partial charge in [-0.1, -0.05) is 0 Å². The fourth-order valence-electron chi connectivity index (χ4n) is 0.798. The van der Waals surface area contributed by atoms with Crippen molar-refractivity contribution in [3.8, 4) is 0 Å². The first-order valence-electron chi connectivity index (χ1n) is 4.70. The summed E-state index contributed by atoms with van der Waals surface area (Å²) in [6.07, 6.45) is 0. The lowest BCUT2D eigenvalue weighted by atomic mass is 10.4. The van der Waals surface area contributed by atoms with Crippen molar-refractivity contribution in [3.63, 3.8) is 0 Å². The summed E-state index contributed by atoms with van der Waals surface area (Å²) in [5, 5.41) is 5.11. The summed E-state index contributed by atoms with van der Waals surface area (Å²) in [6.45, 7) is 6.03. The van der Waals surface area contributed by atoms with Crippen molar-refractivity contribution in [3.05, 3.63) is 0 Å². The Balaban J connectivity index is 3.51. The van der Waals surface area contributed by atoms with Gasteiger partial charge in [-0.2, -0.15) is 0 Å². The average molecular weight is 202 g/mol. The molecule has 0 saturated heterocycles. The molecule has 0 fully saturated rings. The molecule has 0 aliphatic rings. The van der Waals surface area contributed by atoms with Crippen LogP contribution in [0.5, 0.6) is 0 Å². The zero-order chi connectivity index (χ0) is 11.0. The lowest BCUT2D eigenvalue weighted by Crippen LogP contribution is -2.40. The van der Waals surface area contributed by atoms with E-state index < -0.39 is 0 Å². The minimum atomic E-state index is -0.272. The molecule has 0 bridgehead atoms. The van der Waals surface area contributed by atoms with Crippen molar-refractivity contribution in [2.75, 3.05) is 19.8 Å². The molecule has 82 valence electrons. The molecular weight excluding hydrogens is 184 g/mol. The Kier molecular flexibility index (Phi) is 6.74. The molecule has 0 spiro atoms. The van der Waals surface area contributed by atoms with E-state index in [1.54, 1.807) is 6.92 Å². The van der Waals surface area contributed by atoms with E-state index in [-0.39, 0.29) is 31.0 Å². The molecule has 2 N–H and O–H groups in total. The van der Waals surface area contributed by atoms with Crippen molar-refractivity contribution in [2.45, 2.75) is 26.8 Å². The Hall–Kier alpha value is -1.10. The molecular formula is C9H18N2O3. The standard InChI is InChI=1S/C9H18N2O3/c1-4-14-6-9(13)10-5-8(12)11-7(2)3/h7H,4-6H2,1-3H3,(H,10,13)(H,11,12). The molecule has 0 atom stereocenters. The monoisotopic (exact) mass is 202 g/mol. The molecule has 0 aliphatic heterocycles. The second-order valence-corrected chi connectivity index (χ2v) is 3.14. The van der Waals surface area contributed by atoms with Gasteiger partial charge in [0, 0.05) is 12.6 Å². The maximum atomic E-state index is 11.1. The molecule has 0 radical (unpaired) electrons. The summed E-state index contributed by atoms with van der Waals surface area (Å²) in [5.74, 6) is -0.462. The van der Waals surface area contributed by atoms with Crippen molar-refractivity contribution >= 4 is 11.8 Å². The van der Waals surface area contributed by atoms with Gasteiger partial charge in [-0.3, -0.25) is 9.59 Å². The zero-order valence-electron chi connectivity index (χ0n) is 8.92. The lowest BCUT2D eigenvalue weighted by molar-refractivity contribution is -0.129. The van der Waals surface area contributed by atoms with Gasteiger partial charge in [0.2, 0.25) is 11.8 Å². The van der Waals surface area contributed by atoms with Crippen LogP contribution in [0.1, 0.15) is 20.8 Å². The maximum absolute atomic E-state index is 11.1. The second-order valence-electron chi connectivity index (χ2n) is 3.14. The van der Waals surface area contributed by atoms with Gasteiger partial charge in [-0.05, 0) is 20.8 Å². The number of carbonyl (C=O) groups excluding carboxylic acids is 2. The summed E-state index contributed by atoms with van der Waals surface area (Å²) < 4.78 is 4.86. The molecule has 0 aromatic carbocycles. The SMILES string of the molecule is CCOCC(=O)NCC(=O)NC(C)C. The van der Waals surface area contributed by atoms with E-state index in [1.165, 1.54) is 0 Å². The van der Waals surface area contributed by atoms with Crippen LogP contribution in [-0.4, -0.2) is 37.6 Å². The van der Waals surface area contributed by atoms with E-state index in [0.29, 0.717) is 6.61 Å². The number of ether oxygens (including phenoxy) is 1. The van der Waals surface area contributed by atoms with Crippen LogP contribution in [0.4, 0.5) is 0 Å². The van der Waals surface area contributed by atoms with Crippen LogP contribution in [0.3, 0.4) is 0 Å². The van der Waals surface area contributed by atoms with E-state index >= 15 is 0 Å². The Morgan fingerprint density at radius 2 is 1.93 bits per heavy atom. The third kappa shape index (κ3) is 7.54. The first-order valence-corrected chi connectivity index (χ1v) is 4.70. The Morgan fingerprint density at radius 1 is 1.29 bits per heavy atom. The highest BCUT2D eigenvalue weighted by molar-refractivity contribution is 5.85. The van der Waals surface area contributed by atoms with E-state index in [4.69, 9.17) is 4.74 Å². The average Bonchev–Trinajstić information content (AvgIpc) is 2.10. The number of hydrogen-bond acceptors (Lipinski definition) is 3.